The Morgan fingerprint density at radius 2 is 1.74 bits per heavy atom. The van der Waals surface area contributed by atoms with Gasteiger partial charge in [-0.15, -0.1) is 0 Å². The van der Waals surface area contributed by atoms with Crippen LogP contribution in [0, 0.1) is 0 Å². The molecule has 1 N–H and O–H groups in total. The fourth-order valence-electron chi connectivity index (χ4n) is 2.34. The lowest BCUT2D eigenvalue weighted by atomic mass is 10.1. The minimum atomic E-state index is 0.465. The zero-order valence-corrected chi connectivity index (χ0v) is 12.5. The van der Waals surface area contributed by atoms with Gasteiger partial charge in [0.25, 0.3) is 0 Å². The Morgan fingerprint density at radius 3 is 2.32 bits per heavy atom. The van der Waals surface area contributed by atoms with Crippen LogP contribution in [-0.2, 0) is 0 Å². The van der Waals surface area contributed by atoms with Crippen molar-refractivity contribution < 1.29 is 9.47 Å². The number of anilines is 1. The summed E-state index contributed by atoms with van der Waals surface area (Å²) >= 11 is 6.28. The second-order valence-electron chi connectivity index (χ2n) is 4.91. The van der Waals surface area contributed by atoms with Crippen molar-refractivity contribution in [2.24, 2.45) is 0 Å². The Hall–Kier alpha value is -1.13. The number of piperidine rings is 1. The van der Waals surface area contributed by atoms with Crippen LogP contribution in [0.3, 0.4) is 0 Å². The number of halogens is 1. The quantitative estimate of drug-likeness (QED) is 0.922. The highest BCUT2D eigenvalue weighted by Crippen LogP contribution is 2.36. The van der Waals surface area contributed by atoms with E-state index in [2.05, 4.69) is 17.3 Å². The standard InChI is InChI=1S/C14H21ClN2O2/c1-17-6-4-10(5-7-17)16-12-9-14(19-3)13(18-2)8-11(12)15/h8-10,16H,4-7H2,1-3H3. The van der Waals surface area contributed by atoms with E-state index in [0.29, 0.717) is 22.6 Å². The molecule has 1 aromatic carbocycles. The second-order valence-corrected chi connectivity index (χ2v) is 5.32. The van der Waals surface area contributed by atoms with Crippen LogP contribution in [0.15, 0.2) is 12.1 Å². The zero-order chi connectivity index (χ0) is 13.8. The zero-order valence-electron chi connectivity index (χ0n) is 11.7. The first-order valence-electron chi connectivity index (χ1n) is 6.50. The first kappa shape index (κ1) is 14.3. The summed E-state index contributed by atoms with van der Waals surface area (Å²) in [6, 6.07) is 4.16. The molecule has 0 unspecified atom stereocenters. The minimum absolute atomic E-state index is 0.465. The third kappa shape index (κ3) is 3.45. The Labute approximate surface area is 119 Å². The second kappa shape index (κ2) is 6.35. The number of hydrogen-bond donors (Lipinski definition) is 1. The summed E-state index contributed by atoms with van der Waals surface area (Å²) in [6.45, 7) is 2.23. The fourth-order valence-corrected chi connectivity index (χ4v) is 2.55. The van der Waals surface area contributed by atoms with Crippen LogP contribution in [0.4, 0.5) is 5.69 Å². The maximum Gasteiger partial charge on any atom is 0.162 e. The predicted octanol–water partition coefficient (Wildman–Crippen LogP) is 2.86. The molecule has 0 atom stereocenters. The molecule has 1 aromatic rings. The summed E-state index contributed by atoms with van der Waals surface area (Å²) in [7, 11) is 5.39. The van der Waals surface area contributed by atoms with Crippen LogP contribution >= 0.6 is 11.6 Å². The fraction of sp³-hybridized carbons (Fsp3) is 0.571. The van der Waals surface area contributed by atoms with Gasteiger partial charge in [0.1, 0.15) is 0 Å². The molecule has 0 spiro atoms. The number of likely N-dealkylation sites (tertiary alicyclic amines) is 1. The van der Waals surface area contributed by atoms with Crippen molar-refractivity contribution in [3.8, 4) is 11.5 Å². The Morgan fingerprint density at radius 1 is 1.16 bits per heavy atom. The van der Waals surface area contributed by atoms with E-state index in [9.17, 15) is 0 Å². The molecular weight excluding hydrogens is 264 g/mol. The first-order chi connectivity index (χ1) is 9.13. The largest absolute Gasteiger partial charge is 0.493 e. The maximum atomic E-state index is 6.28. The lowest BCUT2D eigenvalue weighted by Crippen LogP contribution is -2.36. The van der Waals surface area contributed by atoms with E-state index in [1.54, 1.807) is 20.3 Å². The highest BCUT2D eigenvalue weighted by atomic mass is 35.5. The van der Waals surface area contributed by atoms with Crippen LogP contribution in [0.5, 0.6) is 11.5 Å². The highest BCUT2D eigenvalue weighted by molar-refractivity contribution is 6.33. The smallest absolute Gasteiger partial charge is 0.162 e. The van der Waals surface area contributed by atoms with Crippen LogP contribution < -0.4 is 14.8 Å². The number of ether oxygens (including phenoxy) is 2. The van der Waals surface area contributed by atoms with Gasteiger partial charge in [0.05, 0.1) is 24.9 Å². The minimum Gasteiger partial charge on any atom is -0.493 e. The van der Waals surface area contributed by atoms with Gasteiger partial charge in [0, 0.05) is 18.2 Å². The number of nitrogens with zero attached hydrogens (tertiary/aromatic N) is 1. The summed E-state index contributed by atoms with van der Waals surface area (Å²) in [6.07, 6.45) is 2.25. The van der Waals surface area contributed by atoms with Crippen molar-refractivity contribution in [1.29, 1.82) is 0 Å². The number of rotatable bonds is 4. The third-order valence-corrected chi connectivity index (χ3v) is 3.86. The summed E-state index contributed by atoms with van der Waals surface area (Å²) in [5.74, 6) is 1.35. The summed E-state index contributed by atoms with van der Waals surface area (Å²) in [5.41, 5.74) is 0.911. The Balaban J connectivity index is 2.11. The number of benzene rings is 1. The van der Waals surface area contributed by atoms with Crippen molar-refractivity contribution >= 4 is 17.3 Å². The molecule has 0 bridgehead atoms. The van der Waals surface area contributed by atoms with Crippen LogP contribution in [0.1, 0.15) is 12.8 Å². The monoisotopic (exact) mass is 284 g/mol. The van der Waals surface area contributed by atoms with Crippen LogP contribution in [-0.4, -0.2) is 45.3 Å². The molecule has 0 aromatic heterocycles. The van der Waals surface area contributed by atoms with Gasteiger partial charge in [0.2, 0.25) is 0 Å². The van der Waals surface area contributed by atoms with Crippen LogP contribution in [0.2, 0.25) is 5.02 Å². The lowest BCUT2D eigenvalue weighted by molar-refractivity contribution is 0.264. The maximum absolute atomic E-state index is 6.28. The molecule has 0 amide bonds. The first-order valence-corrected chi connectivity index (χ1v) is 6.88. The molecule has 5 heteroatoms. The number of hydrogen-bond acceptors (Lipinski definition) is 4. The van der Waals surface area contributed by atoms with E-state index in [0.717, 1.165) is 31.6 Å². The molecule has 0 saturated carbocycles. The van der Waals surface area contributed by atoms with Crippen molar-refractivity contribution in [2.75, 3.05) is 39.7 Å². The molecule has 0 radical (unpaired) electrons. The molecule has 19 heavy (non-hydrogen) atoms. The summed E-state index contributed by atoms with van der Waals surface area (Å²) in [4.78, 5) is 2.34. The van der Waals surface area contributed by atoms with Crippen molar-refractivity contribution in [1.82, 2.24) is 4.90 Å². The van der Waals surface area contributed by atoms with E-state index >= 15 is 0 Å². The predicted molar refractivity (Wildman–Crippen MR) is 78.7 cm³/mol. The topological polar surface area (TPSA) is 33.7 Å². The molecule has 1 heterocycles. The molecule has 4 nitrogen and oxygen atoms in total. The van der Waals surface area contributed by atoms with Crippen LogP contribution in [0.25, 0.3) is 0 Å². The highest BCUT2D eigenvalue weighted by Gasteiger charge is 2.18. The van der Waals surface area contributed by atoms with Gasteiger partial charge in [-0.1, -0.05) is 11.6 Å². The average Bonchev–Trinajstić information content (AvgIpc) is 2.43. The molecule has 1 fully saturated rings. The molecule has 106 valence electrons. The van der Waals surface area contributed by atoms with Gasteiger partial charge in [-0.25, -0.2) is 0 Å². The molecule has 0 aliphatic carbocycles. The lowest BCUT2D eigenvalue weighted by Gasteiger charge is -2.30. The van der Waals surface area contributed by atoms with Gasteiger partial charge in [0.15, 0.2) is 11.5 Å². The summed E-state index contributed by atoms with van der Waals surface area (Å²) < 4.78 is 10.5. The molecular formula is C14H21ClN2O2. The van der Waals surface area contributed by atoms with E-state index in [1.807, 2.05) is 6.07 Å². The summed E-state index contributed by atoms with van der Waals surface area (Å²) in [5, 5.41) is 4.17. The van der Waals surface area contributed by atoms with E-state index < -0.39 is 0 Å². The van der Waals surface area contributed by atoms with Crippen molar-refractivity contribution in [3.63, 3.8) is 0 Å². The van der Waals surface area contributed by atoms with Gasteiger partial charge in [-0.3, -0.25) is 0 Å². The Bertz CT molecular complexity index is 432. The van der Waals surface area contributed by atoms with Gasteiger partial charge < -0.3 is 19.7 Å². The third-order valence-electron chi connectivity index (χ3n) is 3.55. The molecule has 2 rings (SSSR count). The van der Waals surface area contributed by atoms with Crippen molar-refractivity contribution in [3.05, 3.63) is 17.2 Å². The number of nitrogens with one attached hydrogen (secondary N) is 1. The van der Waals surface area contributed by atoms with E-state index in [4.69, 9.17) is 21.1 Å². The van der Waals surface area contributed by atoms with Gasteiger partial charge >= 0.3 is 0 Å². The molecule has 1 aliphatic heterocycles. The normalized spacial score (nSPS) is 17.3. The van der Waals surface area contributed by atoms with E-state index in [1.165, 1.54) is 0 Å². The van der Waals surface area contributed by atoms with Gasteiger partial charge in [-0.05, 0) is 33.0 Å². The molecule has 1 aliphatic rings. The van der Waals surface area contributed by atoms with E-state index in [-0.39, 0.29) is 0 Å². The Kier molecular flexibility index (Phi) is 4.77. The SMILES string of the molecule is COc1cc(Cl)c(NC2CCN(C)CC2)cc1OC. The van der Waals surface area contributed by atoms with Gasteiger partial charge in [-0.2, -0.15) is 0 Å². The molecule has 1 saturated heterocycles. The number of methoxy groups -OCH3 is 2. The van der Waals surface area contributed by atoms with Crippen molar-refractivity contribution in [2.45, 2.75) is 18.9 Å². The average molecular weight is 285 g/mol.